The number of rotatable bonds is 4. The fraction of sp³-hybridized carbons (Fsp3) is 0.571. The topological polar surface area (TPSA) is 60.9 Å². The van der Waals surface area contributed by atoms with Gasteiger partial charge in [-0.3, -0.25) is 0 Å². The summed E-state index contributed by atoms with van der Waals surface area (Å²) in [6.07, 6.45) is 1.53. The predicted molar refractivity (Wildman–Crippen MR) is 79.5 cm³/mol. The second-order valence-corrected chi connectivity index (χ2v) is 7.33. The van der Waals surface area contributed by atoms with Crippen LogP contribution < -0.4 is 4.90 Å². The first-order chi connectivity index (χ1) is 9.37. The van der Waals surface area contributed by atoms with Crippen LogP contribution in [-0.4, -0.2) is 51.1 Å². The smallest absolute Gasteiger partial charge is 0.243 e. The van der Waals surface area contributed by atoms with Crippen molar-refractivity contribution in [1.82, 2.24) is 4.31 Å². The zero-order chi connectivity index (χ0) is 14.9. The Morgan fingerprint density at radius 2 is 2.10 bits per heavy atom. The SMILES string of the molecule is Cc1ccc(S(=O)(=O)N2CCC[C@@H]2CO)cc1N(C)C. The van der Waals surface area contributed by atoms with Gasteiger partial charge >= 0.3 is 0 Å². The molecule has 0 aliphatic carbocycles. The molecule has 0 aromatic heterocycles. The van der Waals surface area contributed by atoms with Crippen molar-refractivity contribution in [2.45, 2.75) is 30.7 Å². The van der Waals surface area contributed by atoms with E-state index < -0.39 is 10.0 Å². The van der Waals surface area contributed by atoms with E-state index in [-0.39, 0.29) is 12.6 Å². The molecule has 1 heterocycles. The molecule has 1 atom stereocenters. The number of sulfonamides is 1. The third-order valence-corrected chi connectivity index (χ3v) is 5.75. The molecule has 0 unspecified atom stereocenters. The van der Waals surface area contributed by atoms with Crippen LogP contribution in [0.2, 0.25) is 0 Å². The maximum absolute atomic E-state index is 12.7. The zero-order valence-corrected chi connectivity index (χ0v) is 13.0. The van der Waals surface area contributed by atoms with Crippen molar-refractivity contribution in [1.29, 1.82) is 0 Å². The summed E-state index contributed by atoms with van der Waals surface area (Å²) in [4.78, 5) is 2.20. The van der Waals surface area contributed by atoms with E-state index >= 15 is 0 Å². The van der Waals surface area contributed by atoms with Crippen molar-refractivity contribution in [2.75, 3.05) is 32.1 Å². The number of hydrogen-bond acceptors (Lipinski definition) is 4. The summed E-state index contributed by atoms with van der Waals surface area (Å²) in [6.45, 7) is 2.32. The van der Waals surface area contributed by atoms with Crippen molar-refractivity contribution in [2.24, 2.45) is 0 Å². The Morgan fingerprint density at radius 1 is 1.40 bits per heavy atom. The Bertz CT molecular complexity index is 584. The van der Waals surface area contributed by atoms with E-state index in [9.17, 15) is 13.5 Å². The number of aliphatic hydroxyl groups excluding tert-OH is 1. The average molecular weight is 298 g/mol. The molecule has 2 rings (SSSR count). The second-order valence-electron chi connectivity index (χ2n) is 5.44. The first kappa shape index (κ1) is 15.3. The summed E-state index contributed by atoms with van der Waals surface area (Å²) in [6, 6.07) is 4.89. The molecule has 0 spiro atoms. The minimum atomic E-state index is -3.53. The van der Waals surface area contributed by atoms with Gasteiger partial charge in [0, 0.05) is 32.4 Å². The molecule has 1 aliphatic heterocycles. The molecule has 1 fully saturated rings. The highest BCUT2D eigenvalue weighted by Crippen LogP contribution is 2.29. The zero-order valence-electron chi connectivity index (χ0n) is 12.2. The molecule has 20 heavy (non-hydrogen) atoms. The molecule has 1 aromatic rings. The molecule has 1 saturated heterocycles. The van der Waals surface area contributed by atoms with Crippen LogP contribution >= 0.6 is 0 Å². The Kier molecular flexibility index (Phi) is 4.36. The van der Waals surface area contributed by atoms with Crippen LogP contribution in [0.5, 0.6) is 0 Å². The Morgan fingerprint density at radius 3 is 2.70 bits per heavy atom. The van der Waals surface area contributed by atoms with Gasteiger partial charge in [0.15, 0.2) is 0 Å². The third-order valence-electron chi connectivity index (χ3n) is 3.80. The van der Waals surface area contributed by atoms with E-state index in [1.165, 1.54) is 4.31 Å². The summed E-state index contributed by atoms with van der Waals surface area (Å²) >= 11 is 0. The van der Waals surface area contributed by atoms with E-state index in [4.69, 9.17) is 0 Å². The molecule has 0 amide bonds. The van der Waals surface area contributed by atoms with E-state index in [0.29, 0.717) is 11.4 Å². The van der Waals surface area contributed by atoms with Gasteiger partial charge in [-0.05, 0) is 37.5 Å². The van der Waals surface area contributed by atoms with Gasteiger partial charge in [-0.2, -0.15) is 4.31 Å². The summed E-state index contributed by atoms with van der Waals surface area (Å²) < 4.78 is 26.8. The van der Waals surface area contributed by atoms with Crippen molar-refractivity contribution in [3.8, 4) is 0 Å². The number of aryl methyl sites for hydroxylation is 1. The van der Waals surface area contributed by atoms with Gasteiger partial charge in [0.25, 0.3) is 0 Å². The molecule has 5 nitrogen and oxygen atoms in total. The van der Waals surface area contributed by atoms with Crippen LogP contribution in [-0.2, 0) is 10.0 Å². The number of aliphatic hydroxyl groups is 1. The molecule has 1 N–H and O–H groups in total. The van der Waals surface area contributed by atoms with Crippen LogP contribution in [0.25, 0.3) is 0 Å². The highest BCUT2D eigenvalue weighted by molar-refractivity contribution is 7.89. The summed E-state index contributed by atoms with van der Waals surface area (Å²) in [5, 5.41) is 9.32. The maximum atomic E-state index is 12.7. The lowest BCUT2D eigenvalue weighted by Gasteiger charge is -2.24. The highest BCUT2D eigenvalue weighted by atomic mass is 32.2. The van der Waals surface area contributed by atoms with Crippen molar-refractivity contribution < 1.29 is 13.5 Å². The van der Waals surface area contributed by atoms with Gasteiger partial charge in [-0.25, -0.2) is 8.42 Å². The molecule has 112 valence electrons. The normalized spacial score (nSPS) is 20.3. The monoisotopic (exact) mass is 298 g/mol. The van der Waals surface area contributed by atoms with Crippen LogP contribution in [0.4, 0.5) is 5.69 Å². The van der Waals surface area contributed by atoms with Gasteiger partial charge in [0.05, 0.1) is 11.5 Å². The highest BCUT2D eigenvalue weighted by Gasteiger charge is 2.35. The number of anilines is 1. The minimum Gasteiger partial charge on any atom is -0.395 e. The van der Waals surface area contributed by atoms with Crippen molar-refractivity contribution in [3.05, 3.63) is 23.8 Å². The van der Waals surface area contributed by atoms with Crippen LogP contribution in [0.1, 0.15) is 18.4 Å². The lowest BCUT2D eigenvalue weighted by atomic mass is 10.2. The van der Waals surface area contributed by atoms with Gasteiger partial charge < -0.3 is 10.0 Å². The largest absolute Gasteiger partial charge is 0.395 e. The molecule has 1 aromatic carbocycles. The van der Waals surface area contributed by atoms with Crippen LogP contribution in [0.15, 0.2) is 23.1 Å². The number of hydrogen-bond donors (Lipinski definition) is 1. The summed E-state index contributed by atoms with van der Waals surface area (Å²) in [5.41, 5.74) is 1.93. The first-order valence-corrected chi connectivity index (χ1v) is 8.22. The summed E-state index contributed by atoms with van der Waals surface area (Å²) in [7, 11) is 0.262. The van der Waals surface area contributed by atoms with Gasteiger partial charge in [-0.1, -0.05) is 6.07 Å². The van der Waals surface area contributed by atoms with E-state index in [1.54, 1.807) is 12.1 Å². The molecule has 0 bridgehead atoms. The molecular formula is C14H22N2O3S. The molecule has 0 saturated carbocycles. The van der Waals surface area contributed by atoms with E-state index in [2.05, 4.69) is 0 Å². The lowest BCUT2D eigenvalue weighted by Crippen LogP contribution is -2.37. The quantitative estimate of drug-likeness (QED) is 0.907. The van der Waals surface area contributed by atoms with E-state index in [0.717, 1.165) is 24.1 Å². The lowest BCUT2D eigenvalue weighted by molar-refractivity contribution is 0.213. The molecular weight excluding hydrogens is 276 g/mol. The predicted octanol–water partition coefficient (Wildman–Crippen LogP) is 1.21. The van der Waals surface area contributed by atoms with Crippen molar-refractivity contribution in [3.63, 3.8) is 0 Å². The first-order valence-electron chi connectivity index (χ1n) is 6.78. The van der Waals surface area contributed by atoms with Gasteiger partial charge in [-0.15, -0.1) is 0 Å². The Labute approximate surface area is 120 Å². The van der Waals surface area contributed by atoms with E-state index in [1.807, 2.05) is 32.0 Å². The van der Waals surface area contributed by atoms with Crippen LogP contribution in [0, 0.1) is 6.92 Å². The molecule has 1 aliphatic rings. The van der Waals surface area contributed by atoms with Crippen LogP contribution in [0.3, 0.4) is 0 Å². The number of nitrogens with zero attached hydrogens (tertiary/aromatic N) is 2. The van der Waals surface area contributed by atoms with Crippen molar-refractivity contribution >= 4 is 15.7 Å². The number of benzene rings is 1. The minimum absolute atomic E-state index is 0.119. The maximum Gasteiger partial charge on any atom is 0.243 e. The standard InChI is InChI=1S/C14H22N2O3S/c1-11-6-7-13(9-14(11)15(2)3)20(18,19)16-8-4-5-12(16)10-17/h6-7,9,12,17H,4-5,8,10H2,1-3H3/t12-/m1/s1. The fourth-order valence-corrected chi connectivity index (χ4v) is 4.38. The second kappa shape index (κ2) is 5.71. The Hall–Kier alpha value is -1.11. The third kappa shape index (κ3) is 2.68. The summed E-state index contributed by atoms with van der Waals surface area (Å²) in [5.74, 6) is 0. The molecule has 0 radical (unpaired) electrons. The Balaban J connectivity index is 2.42. The molecule has 6 heteroatoms. The fourth-order valence-electron chi connectivity index (χ4n) is 2.67. The average Bonchev–Trinajstić information content (AvgIpc) is 2.87. The van der Waals surface area contributed by atoms with Gasteiger partial charge in [0.1, 0.15) is 0 Å². The van der Waals surface area contributed by atoms with Gasteiger partial charge in [0.2, 0.25) is 10.0 Å².